The van der Waals surface area contributed by atoms with Crippen molar-refractivity contribution in [1.82, 2.24) is 5.32 Å². The van der Waals surface area contributed by atoms with Crippen molar-refractivity contribution in [2.45, 2.75) is 12.3 Å². The molecule has 0 saturated carbocycles. The molecule has 2 N–H and O–H groups in total. The number of nitrogens with one attached hydrogen (secondary N) is 2. The molecule has 0 fully saturated rings. The third kappa shape index (κ3) is 4.71. The van der Waals surface area contributed by atoms with Crippen LogP contribution in [-0.2, 0) is 4.79 Å². The minimum Gasteiger partial charge on any atom is -0.355 e. The fourth-order valence-electron chi connectivity index (χ4n) is 2.54. The van der Waals surface area contributed by atoms with Gasteiger partial charge < -0.3 is 10.2 Å². The molecule has 0 radical (unpaired) electrons. The van der Waals surface area contributed by atoms with Gasteiger partial charge in [0.1, 0.15) is 0 Å². The maximum Gasteiger partial charge on any atom is 0.232 e. The predicted octanol–water partition coefficient (Wildman–Crippen LogP) is 1.47. The topological polar surface area (TPSA) is 33.5 Å². The molecule has 0 aromatic heterocycles. The number of quaternary nitrogens is 1. The third-order valence-electron chi connectivity index (χ3n) is 3.68. The molecule has 22 heavy (non-hydrogen) atoms. The number of benzene rings is 2. The molecule has 0 heterocycles. The summed E-state index contributed by atoms with van der Waals surface area (Å²) in [5.74, 6) is -0.166. The second-order valence-electron chi connectivity index (χ2n) is 5.86. The minimum atomic E-state index is -0.242. The van der Waals surface area contributed by atoms with E-state index < -0.39 is 0 Å². The lowest BCUT2D eigenvalue weighted by Gasteiger charge is -2.18. The second-order valence-corrected chi connectivity index (χ2v) is 5.86. The zero-order valence-corrected chi connectivity index (χ0v) is 13.4. The molecule has 3 heteroatoms. The van der Waals surface area contributed by atoms with Crippen molar-refractivity contribution in [2.24, 2.45) is 0 Å². The molecule has 0 bridgehead atoms. The molecular weight excluding hydrogens is 272 g/mol. The van der Waals surface area contributed by atoms with E-state index in [1.807, 2.05) is 60.7 Å². The number of rotatable bonds is 7. The van der Waals surface area contributed by atoms with Gasteiger partial charge in [0.2, 0.25) is 5.91 Å². The summed E-state index contributed by atoms with van der Waals surface area (Å²) in [6, 6.07) is 19.9. The van der Waals surface area contributed by atoms with Crippen molar-refractivity contribution in [1.29, 1.82) is 0 Å². The zero-order valence-electron chi connectivity index (χ0n) is 13.4. The molecule has 116 valence electrons. The summed E-state index contributed by atoms with van der Waals surface area (Å²) in [5.41, 5.74) is 2.06. The van der Waals surface area contributed by atoms with E-state index in [9.17, 15) is 4.79 Å². The largest absolute Gasteiger partial charge is 0.355 e. The summed E-state index contributed by atoms with van der Waals surface area (Å²) in [6.07, 6.45) is 0.990. The highest BCUT2D eigenvalue weighted by Gasteiger charge is 2.21. The Morgan fingerprint density at radius 1 is 0.955 bits per heavy atom. The maximum atomic E-state index is 12.7. The van der Waals surface area contributed by atoms with Crippen LogP contribution in [0.4, 0.5) is 0 Å². The van der Waals surface area contributed by atoms with Crippen molar-refractivity contribution in [3.63, 3.8) is 0 Å². The van der Waals surface area contributed by atoms with Crippen LogP contribution in [0.25, 0.3) is 0 Å². The highest BCUT2D eigenvalue weighted by molar-refractivity contribution is 5.87. The van der Waals surface area contributed by atoms with Crippen molar-refractivity contribution in [3.8, 4) is 0 Å². The standard InChI is InChI=1S/C19H24N2O/c1-21(2)15-9-14-20-19(22)18(16-10-5-3-6-11-16)17-12-7-4-8-13-17/h3-8,10-13,18H,9,14-15H2,1-2H3,(H,20,22)/p+1. The van der Waals surface area contributed by atoms with Gasteiger partial charge in [-0.05, 0) is 11.1 Å². The summed E-state index contributed by atoms with van der Waals surface area (Å²) < 4.78 is 0. The average molecular weight is 297 g/mol. The van der Waals surface area contributed by atoms with Crippen molar-refractivity contribution in [2.75, 3.05) is 27.2 Å². The summed E-state index contributed by atoms with van der Waals surface area (Å²) in [4.78, 5) is 14.1. The summed E-state index contributed by atoms with van der Waals surface area (Å²) in [7, 11) is 4.25. The van der Waals surface area contributed by atoms with Crippen LogP contribution in [0.3, 0.4) is 0 Å². The lowest BCUT2D eigenvalue weighted by Crippen LogP contribution is -3.05. The molecular formula is C19H25N2O+. The van der Waals surface area contributed by atoms with E-state index in [4.69, 9.17) is 0 Å². The van der Waals surface area contributed by atoms with Crippen molar-refractivity contribution >= 4 is 5.91 Å². The first kappa shape index (κ1) is 16.2. The Morgan fingerprint density at radius 2 is 1.45 bits per heavy atom. The van der Waals surface area contributed by atoms with Gasteiger partial charge >= 0.3 is 0 Å². The Labute approximate surface area is 133 Å². The number of hydrogen-bond acceptors (Lipinski definition) is 1. The maximum absolute atomic E-state index is 12.7. The van der Waals surface area contributed by atoms with E-state index in [0.717, 1.165) is 30.6 Å². The van der Waals surface area contributed by atoms with E-state index >= 15 is 0 Å². The molecule has 1 amide bonds. The van der Waals surface area contributed by atoms with Crippen LogP contribution in [0.1, 0.15) is 23.5 Å². The second kappa shape index (κ2) is 8.35. The molecule has 0 aliphatic carbocycles. The van der Waals surface area contributed by atoms with Gasteiger partial charge in [0.15, 0.2) is 0 Å². The van der Waals surface area contributed by atoms with Crippen LogP contribution < -0.4 is 10.2 Å². The molecule has 3 nitrogen and oxygen atoms in total. The first-order chi connectivity index (χ1) is 10.7. The molecule has 2 aromatic carbocycles. The average Bonchev–Trinajstić information content (AvgIpc) is 2.54. The van der Waals surface area contributed by atoms with Crippen LogP contribution in [-0.4, -0.2) is 33.1 Å². The third-order valence-corrected chi connectivity index (χ3v) is 3.68. The van der Waals surface area contributed by atoms with Gasteiger partial charge in [0, 0.05) is 13.0 Å². The highest BCUT2D eigenvalue weighted by atomic mass is 16.1. The van der Waals surface area contributed by atoms with Gasteiger partial charge in [-0.2, -0.15) is 0 Å². The molecule has 0 spiro atoms. The minimum absolute atomic E-state index is 0.0751. The Bertz CT molecular complexity index is 527. The normalized spacial score (nSPS) is 10.9. The van der Waals surface area contributed by atoms with E-state index in [1.165, 1.54) is 4.90 Å². The van der Waals surface area contributed by atoms with Gasteiger partial charge in [0.25, 0.3) is 0 Å². The Morgan fingerprint density at radius 3 is 1.91 bits per heavy atom. The van der Waals surface area contributed by atoms with E-state index in [0.29, 0.717) is 0 Å². The SMILES string of the molecule is C[NH+](C)CCCNC(=O)C(c1ccccc1)c1ccccc1. The number of carbonyl (C=O) groups excluding carboxylic acids is 1. The monoisotopic (exact) mass is 297 g/mol. The smallest absolute Gasteiger partial charge is 0.232 e. The van der Waals surface area contributed by atoms with E-state index in [1.54, 1.807) is 0 Å². The quantitative estimate of drug-likeness (QED) is 0.746. The number of hydrogen-bond donors (Lipinski definition) is 2. The van der Waals surface area contributed by atoms with Crippen LogP contribution >= 0.6 is 0 Å². The van der Waals surface area contributed by atoms with Gasteiger partial charge in [-0.25, -0.2) is 0 Å². The Balaban J connectivity index is 2.10. The summed E-state index contributed by atoms with van der Waals surface area (Å²) in [6.45, 7) is 1.78. The lowest BCUT2D eigenvalue weighted by atomic mass is 9.90. The van der Waals surface area contributed by atoms with E-state index in [-0.39, 0.29) is 11.8 Å². The van der Waals surface area contributed by atoms with Crippen molar-refractivity contribution < 1.29 is 9.69 Å². The molecule has 0 saturated heterocycles. The summed E-state index contributed by atoms with van der Waals surface area (Å²) in [5, 5.41) is 3.08. The fourth-order valence-corrected chi connectivity index (χ4v) is 2.54. The molecule has 2 aromatic rings. The molecule has 2 rings (SSSR count). The van der Waals surface area contributed by atoms with Crippen LogP contribution in [0.2, 0.25) is 0 Å². The van der Waals surface area contributed by atoms with E-state index in [2.05, 4.69) is 19.4 Å². The van der Waals surface area contributed by atoms with Crippen molar-refractivity contribution in [3.05, 3.63) is 71.8 Å². The Hall–Kier alpha value is -2.13. The van der Waals surface area contributed by atoms with Crippen LogP contribution in [0, 0.1) is 0 Å². The molecule has 0 unspecified atom stereocenters. The number of amides is 1. The summed E-state index contributed by atoms with van der Waals surface area (Å²) >= 11 is 0. The van der Waals surface area contributed by atoms with Crippen LogP contribution in [0.15, 0.2) is 60.7 Å². The van der Waals surface area contributed by atoms with Crippen LogP contribution in [0.5, 0.6) is 0 Å². The molecule has 0 aliphatic heterocycles. The van der Waals surface area contributed by atoms with Gasteiger partial charge in [0.05, 0.1) is 26.6 Å². The Kier molecular flexibility index (Phi) is 6.16. The van der Waals surface area contributed by atoms with Gasteiger partial charge in [-0.3, -0.25) is 4.79 Å². The predicted molar refractivity (Wildman–Crippen MR) is 90.0 cm³/mol. The molecule has 0 aliphatic rings. The zero-order chi connectivity index (χ0) is 15.8. The lowest BCUT2D eigenvalue weighted by molar-refractivity contribution is -0.858. The number of carbonyl (C=O) groups is 1. The fraction of sp³-hybridized carbons (Fsp3) is 0.316. The van der Waals surface area contributed by atoms with Gasteiger partial charge in [-0.15, -0.1) is 0 Å². The molecule has 0 atom stereocenters. The first-order valence-corrected chi connectivity index (χ1v) is 7.85. The van der Waals surface area contributed by atoms with Gasteiger partial charge in [-0.1, -0.05) is 60.7 Å². The first-order valence-electron chi connectivity index (χ1n) is 7.85. The highest BCUT2D eigenvalue weighted by Crippen LogP contribution is 2.24.